The van der Waals surface area contributed by atoms with E-state index in [9.17, 15) is 27.9 Å². The molecular weight excluding hydrogens is 586 g/mol. The van der Waals surface area contributed by atoms with E-state index in [0.717, 1.165) is 11.1 Å². The zero-order valence-electron chi connectivity index (χ0n) is 25.8. The Morgan fingerprint density at radius 3 is 2.18 bits per heavy atom. The fourth-order valence-corrected chi connectivity index (χ4v) is 7.07. The maximum atomic E-state index is 13.7. The maximum Gasteiger partial charge on any atom is 0.303 e. The van der Waals surface area contributed by atoms with Gasteiger partial charge in [-0.1, -0.05) is 69.2 Å². The molecule has 0 fully saturated rings. The number of aliphatic hydroxyl groups is 1. The van der Waals surface area contributed by atoms with E-state index >= 15 is 0 Å². The summed E-state index contributed by atoms with van der Waals surface area (Å²) in [5.74, 6) is -2.63. The number of hydrogen-bond donors (Lipinski definition) is 5. The number of benzene rings is 2. The first-order valence-electron chi connectivity index (χ1n) is 15.1. The van der Waals surface area contributed by atoms with Crippen molar-refractivity contribution in [2.45, 2.75) is 88.8 Å². The lowest BCUT2D eigenvalue weighted by Crippen LogP contribution is -2.57. The zero-order chi connectivity index (χ0) is 32.5. The van der Waals surface area contributed by atoms with Crippen LogP contribution >= 0.6 is 0 Å². The molecule has 2 rings (SSSR count). The van der Waals surface area contributed by atoms with Crippen molar-refractivity contribution in [1.82, 2.24) is 16.0 Å². The van der Waals surface area contributed by atoms with E-state index in [4.69, 9.17) is 9.84 Å². The van der Waals surface area contributed by atoms with Crippen molar-refractivity contribution in [3.8, 4) is 5.75 Å². The molecule has 12 heteroatoms. The van der Waals surface area contributed by atoms with Crippen molar-refractivity contribution in [2.75, 3.05) is 19.4 Å². The Balaban J connectivity index is 2.26. The number of carboxylic acid groups (broad SMARTS) is 1. The van der Waals surface area contributed by atoms with Crippen LogP contribution in [0, 0.1) is 0 Å². The summed E-state index contributed by atoms with van der Waals surface area (Å²) in [6.07, 6.45) is 0.427. The molecule has 0 aromatic heterocycles. The average molecular weight is 634 g/mol. The minimum absolute atomic E-state index is 0.109. The summed E-state index contributed by atoms with van der Waals surface area (Å²) in [4.78, 5) is 37.2. The molecule has 2 amide bonds. The molecule has 0 radical (unpaired) electrons. The molecular formula is C32H47N3O8S. The number of rotatable bonds is 21. The number of methoxy groups -OCH3 is 1. The molecule has 0 saturated carbocycles. The van der Waals surface area contributed by atoms with Gasteiger partial charge in [0.05, 0.1) is 36.7 Å². The molecule has 2 aromatic carbocycles. The first kappa shape index (κ1) is 36.7. The van der Waals surface area contributed by atoms with E-state index in [2.05, 4.69) is 16.0 Å². The highest BCUT2D eigenvalue weighted by Gasteiger charge is 2.34. The van der Waals surface area contributed by atoms with Gasteiger partial charge in [0.1, 0.15) is 11.8 Å². The Hall–Kier alpha value is -3.48. The van der Waals surface area contributed by atoms with Crippen LogP contribution in [-0.2, 0) is 37.2 Å². The van der Waals surface area contributed by atoms with E-state index in [0.29, 0.717) is 38.0 Å². The average Bonchev–Trinajstić information content (AvgIpc) is 2.99. The predicted molar refractivity (Wildman–Crippen MR) is 169 cm³/mol. The van der Waals surface area contributed by atoms with Crippen LogP contribution in [0.15, 0.2) is 54.6 Å². The van der Waals surface area contributed by atoms with Gasteiger partial charge in [0.15, 0.2) is 9.84 Å². The van der Waals surface area contributed by atoms with Crippen LogP contribution in [0.1, 0.15) is 63.5 Å². The van der Waals surface area contributed by atoms with Crippen LogP contribution in [0.3, 0.4) is 0 Å². The van der Waals surface area contributed by atoms with Gasteiger partial charge < -0.3 is 30.9 Å². The smallest absolute Gasteiger partial charge is 0.303 e. The Labute approximate surface area is 260 Å². The van der Waals surface area contributed by atoms with E-state index in [-0.39, 0.29) is 13.0 Å². The van der Waals surface area contributed by atoms with Crippen LogP contribution in [0.5, 0.6) is 5.75 Å². The summed E-state index contributed by atoms with van der Waals surface area (Å²) < 4.78 is 32.1. The topological polar surface area (TPSA) is 171 Å². The fourth-order valence-electron chi connectivity index (χ4n) is 4.91. The highest BCUT2D eigenvalue weighted by Crippen LogP contribution is 2.18. The van der Waals surface area contributed by atoms with E-state index in [1.165, 1.54) is 0 Å². The lowest BCUT2D eigenvalue weighted by atomic mass is 10.0. The number of carbonyl (C=O) groups excluding carboxylic acids is 2. The second kappa shape index (κ2) is 19.0. The van der Waals surface area contributed by atoms with Gasteiger partial charge >= 0.3 is 5.97 Å². The number of sulfone groups is 1. The van der Waals surface area contributed by atoms with Gasteiger partial charge in [-0.2, -0.15) is 0 Å². The number of carboxylic acids is 1. The highest BCUT2D eigenvalue weighted by atomic mass is 32.2. The summed E-state index contributed by atoms with van der Waals surface area (Å²) in [5, 5.41) is 27.9. The third kappa shape index (κ3) is 13.0. The molecule has 0 aliphatic rings. The molecule has 44 heavy (non-hydrogen) atoms. The van der Waals surface area contributed by atoms with Crippen LogP contribution < -0.4 is 20.7 Å². The standard InChI is InChI=1S/C32H47N3O8S/c1-4-10-26(11-5-2)44(41,42)22-28(34-30(37)16-17-31(38)39)32(40)35-27(19-23-12-7-6-8-13-23)29(36)21-33-20-24-14-9-15-25(18-24)43-3/h6-9,12-15,18,26-29,33,36H,4-5,10-11,16-17,19-22H2,1-3H3,(H,34,37)(H,35,40)(H,38,39)/t27-,28?,29+/m0/s1. The quantitative estimate of drug-likeness (QED) is 0.139. The molecule has 11 nitrogen and oxygen atoms in total. The van der Waals surface area contributed by atoms with Gasteiger partial charge in [-0.3, -0.25) is 14.4 Å². The van der Waals surface area contributed by atoms with Gasteiger partial charge in [-0.05, 0) is 42.5 Å². The zero-order valence-corrected chi connectivity index (χ0v) is 26.6. The largest absolute Gasteiger partial charge is 0.497 e. The molecule has 0 aliphatic heterocycles. The van der Waals surface area contributed by atoms with Crippen molar-refractivity contribution < 1.29 is 37.8 Å². The third-order valence-corrected chi connectivity index (χ3v) is 9.54. The minimum Gasteiger partial charge on any atom is -0.497 e. The number of aliphatic hydroxyl groups excluding tert-OH is 1. The number of nitrogens with one attached hydrogen (secondary N) is 3. The van der Waals surface area contributed by atoms with Crippen LogP contribution in [-0.4, -0.2) is 79.3 Å². The first-order valence-corrected chi connectivity index (χ1v) is 16.8. The van der Waals surface area contributed by atoms with Crippen molar-refractivity contribution in [3.05, 3.63) is 65.7 Å². The SMILES string of the molecule is CCCC(CCC)S(=O)(=O)CC(NC(=O)CCC(=O)O)C(=O)N[C@@H](Cc1ccccc1)[C@H](O)CNCc1cccc(OC)c1. The molecule has 3 atom stereocenters. The van der Waals surface area contributed by atoms with E-state index in [1.54, 1.807) is 7.11 Å². The normalized spacial score (nSPS) is 13.6. The van der Waals surface area contributed by atoms with Gasteiger partial charge in [0.2, 0.25) is 11.8 Å². The summed E-state index contributed by atoms with van der Waals surface area (Å²) in [7, 11) is -2.23. The lowest BCUT2D eigenvalue weighted by molar-refractivity contribution is -0.139. The van der Waals surface area contributed by atoms with Crippen molar-refractivity contribution in [2.24, 2.45) is 0 Å². The number of ether oxygens (including phenoxy) is 1. The van der Waals surface area contributed by atoms with Crippen molar-refractivity contribution in [1.29, 1.82) is 0 Å². The number of hydrogen-bond acceptors (Lipinski definition) is 8. The molecule has 0 spiro atoms. The minimum atomic E-state index is -3.81. The second-order valence-corrected chi connectivity index (χ2v) is 13.2. The van der Waals surface area contributed by atoms with Gasteiger partial charge in [-0.15, -0.1) is 0 Å². The second-order valence-electron chi connectivity index (χ2n) is 10.9. The van der Waals surface area contributed by atoms with E-state index < -0.39 is 69.7 Å². The van der Waals surface area contributed by atoms with Gasteiger partial charge in [0, 0.05) is 19.5 Å². The molecule has 244 valence electrons. The summed E-state index contributed by atoms with van der Waals surface area (Å²) >= 11 is 0. The molecule has 0 saturated heterocycles. The third-order valence-electron chi connectivity index (χ3n) is 7.25. The summed E-state index contributed by atoms with van der Waals surface area (Å²) in [5.41, 5.74) is 1.77. The Bertz CT molecular complexity index is 1280. The number of carbonyl (C=O) groups is 3. The molecule has 1 unspecified atom stereocenters. The molecule has 0 aliphatic carbocycles. The number of aliphatic carboxylic acids is 1. The lowest BCUT2D eigenvalue weighted by Gasteiger charge is -2.28. The first-order chi connectivity index (χ1) is 21.0. The Morgan fingerprint density at radius 2 is 1.57 bits per heavy atom. The van der Waals surface area contributed by atoms with E-state index in [1.807, 2.05) is 68.4 Å². The summed E-state index contributed by atoms with van der Waals surface area (Å²) in [6.45, 7) is 4.30. The van der Waals surface area contributed by atoms with Crippen molar-refractivity contribution >= 4 is 27.6 Å². The highest BCUT2D eigenvalue weighted by molar-refractivity contribution is 7.92. The summed E-state index contributed by atoms with van der Waals surface area (Å²) in [6, 6.07) is 14.4. The number of amides is 2. The Kier molecular flexibility index (Phi) is 15.9. The van der Waals surface area contributed by atoms with Crippen LogP contribution in [0.4, 0.5) is 0 Å². The monoisotopic (exact) mass is 633 g/mol. The predicted octanol–water partition coefficient (Wildman–Crippen LogP) is 2.61. The van der Waals surface area contributed by atoms with Crippen LogP contribution in [0.25, 0.3) is 0 Å². The fraction of sp³-hybridized carbons (Fsp3) is 0.531. The molecule has 2 aromatic rings. The molecule has 0 heterocycles. The molecule has 5 N–H and O–H groups in total. The Morgan fingerprint density at radius 1 is 0.909 bits per heavy atom. The van der Waals surface area contributed by atoms with Crippen LogP contribution in [0.2, 0.25) is 0 Å². The van der Waals surface area contributed by atoms with Gasteiger partial charge in [0.25, 0.3) is 0 Å². The van der Waals surface area contributed by atoms with Crippen molar-refractivity contribution in [3.63, 3.8) is 0 Å². The molecule has 0 bridgehead atoms. The van der Waals surface area contributed by atoms with Gasteiger partial charge in [-0.25, -0.2) is 8.42 Å². The maximum absolute atomic E-state index is 13.7.